The molecule has 0 radical (unpaired) electrons. The summed E-state index contributed by atoms with van der Waals surface area (Å²) < 4.78 is 14.6. The number of anilines is 3. The molecule has 1 aliphatic rings. The minimum Gasteiger partial charge on any atom is -0.382 e. The van der Waals surface area contributed by atoms with Crippen LogP contribution >= 0.6 is 0 Å². The highest BCUT2D eigenvalue weighted by atomic mass is 19.1. The van der Waals surface area contributed by atoms with Crippen LogP contribution in [0.4, 0.5) is 21.7 Å². The molecule has 0 bridgehead atoms. The monoisotopic (exact) mass is 431 g/mol. The quantitative estimate of drug-likeness (QED) is 0.555. The van der Waals surface area contributed by atoms with Crippen molar-refractivity contribution in [1.29, 1.82) is 5.26 Å². The zero-order valence-corrected chi connectivity index (χ0v) is 17.3. The summed E-state index contributed by atoms with van der Waals surface area (Å²) in [6, 6.07) is 7.12. The molecule has 0 saturated carbocycles. The molecule has 162 valence electrons. The molecule has 0 unspecified atom stereocenters. The number of aromatic nitrogens is 4. The van der Waals surface area contributed by atoms with Crippen LogP contribution in [0.1, 0.15) is 24.1 Å². The Balaban J connectivity index is 1.63. The van der Waals surface area contributed by atoms with Crippen LogP contribution < -0.4 is 21.7 Å². The minimum absolute atomic E-state index is 0.0891. The highest BCUT2D eigenvalue weighted by molar-refractivity contribution is 5.82. The Morgan fingerprint density at radius 1 is 1.22 bits per heavy atom. The lowest BCUT2D eigenvalue weighted by Crippen LogP contribution is -2.40. The molecular weight excluding hydrogens is 409 g/mol. The van der Waals surface area contributed by atoms with Crippen molar-refractivity contribution < 1.29 is 4.39 Å². The first-order valence-corrected chi connectivity index (χ1v) is 10.1. The van der Waals surface area contributed by atoms with Gasteiger partial charge in [-0.05, 0) is 31.0 Å². The second-order valence-electron chi connectivity index (χ2n) is 7.42. The molecule has 3 aromatic heterocycles. The van der Waals surface area contributed by atoms with Crippen LogP contribution in [0.25, 0.3) is 17.1 Å². The lowest BCUT2D eigenvalue weighted by molar-refractivity contribution is 0.501. The van der Waals surface area contributed by atoms with Gasteiger partial charge in [0.2, 0.25) is 0 Å². The molecule has 10 heteroatoms. The average molecular weight is 431 g/mol. The SMILES string of the molecule is C=C(Nc1ncccc1N1CCC(N)CC1)c1nc(-c2nccc(C#N)c2F)cnc1N. The normalized spacial score (nSPS) is 14.1. The van der Waals surface area contributed by atoms with Crippen molar-refractivity contribution in [3.63, 3.8) is 0 Å². The average Bonchev–Trinajstić information content (AvgIpc) is 2.80. The molecule has 0 aliphatic carbocycles. The molecule has 9 nitrogen and oxygen atoms in total. The minimum atomic E-state index is -0.770. The van der Waals surface area contributed by atoms with Crippen LogP contribution in [0.15, 0.2) is 43.4 Å². The van der Waals surface area contributed by atoms with Gasteiger partial charge < -0.3 is 21.7 Å². The van der Waals surface area contributed by atoms with Gasteiger partial charge >= 0.3 is 0 Å². The lowest BCUT2D eigenvalue weighted by Gasteiger charge is -2.33. The number of pyridine rings is 2. The van der Waals surface area contributed by atoms with E-state index in [4.69, 9.17) is 16.7 Å². The molecule has 5 N–H and O–H groups in total. The van der Waals surface area contributed by atoms with Crippen LogP contribution in [-0.2, 0) is 0 Å². The molecule has 0 aromatic carbocycles. The molecule has 0 amide bonds. The van der Waals surface area contributed by atoms with E-state index in [9.17, 15) is 4.39 Å². The van der Waals surface area contributed by atoms with Crippen molar-refractivity contribution in [2.75, 3.05) is 29.0 Å². The van der Waals surface area contributed by atoms with Crippen LogP contribution in [0, 0.1) is 17.1 Å². The van der Waals surface area contributed by atoms with Gasteiger partial charge in [0.05, 0.1) is 23.1 Å². The number of nitrogen functional groups attached to an aromatic ring is 1. The first kappa shape index (κ1) is 21.1. The van der Waals surface area contributed by atoms with E-state index < -0.39 is 5.82 Å². The summed E-state index contributed by atoms with van der Waals surface area (Å²) in [6.45, 7) is 5.68. The summed E-state index contributed by atoms with van der Waals surface area (Å²) in [4.78, 5) is 19.2. The van der Waals surface area contributed by atoms with Gasteiger partial charge in [0.1, 0.15) is 23.2 Å². The zero-order valence-electron chi connectivity index (χ0n) is 17.3. The number of nitrogens with two attached hydrogens (primary N) is 2. The van der Waals surface area contributed by atoms with E-state index in [0.29, 0.717) is 11.5 Å². The van der Waals surface area contributed by atoms with Crippen LogP contribution in [0.3, 0.4) is 0 Å². The predicted molar refractivity (Wildman–Crippen MR) is 121 cm³/mol. The second kappa shape index (κ2) is 8.95. The molecule has 3 aromatic rings. The van der Waals surface area contributed by atoms with Crippen LogP contribution in [0.2, 0.25) is 0 Å². The maximum absolute atomic E-state index is 14.6. The summed E-state index contributed by atoms with van der Waals surface area (Å²) >= 11 is 0. The van der Waals surface area contributed by atoms with Gasteiger partial charge in [0.15, 0.2) is 17.5 Å². The summed E-state index contributed by atoms with van der Waals surface area (Å²) in [7, 11) is 0. The first-order valence-electron chi connectivity index (χ1n) is 10.1. The van der Waals surface area contributed by atoms with Gasteiger partial charge in [-0.15, -0.1) is 0 Å². The van der Waals surface area contributed by atoms with Gasteiger partial charge in [-0.1, -0.05) is 6.58 Å². The Morgan fingerprint density at radius 3 is 2.75 bits per heavy atom. The van der Waals surface area contributed by atoms with Crippen molar-refractivity contribution in [3.8, 4) is 17.5 Å². The predicted octanol–water partition coefficient (Wildman–Crippen LogP) is 2.54. The molecule has 4 heterocycles. The third kappa shape index (κ3) is 4.19. The second-order valence-corrected chi connectivity index (χ2v) is 7.42. The van der Waals surface area contributed by atoms with Crippen molar-refractivity contribution in [2.24, 2.45) is 5.73 Å². The van der Waals surface area contributed by atoms with E-state index in [0.717, 1.165) is 31.6 Å². The van der Waals surface area contributed by atoms with Crippen molar-refractivity contribution in [2.45, 2.75) is 18.9 Å². The van der Waals surface area contributed by atoms with Crippen LogP contribution in [0.5, 0.6) is 0 Å². The molecule has 32 heavy (non-hydrogen) atoms. The van der Waals surface area contributed by atoms with E-state index in [-0.39, 0.29) is 34.5 Å². The fraction of sp³-hybridized carbons (Fsp3) is 0.227. The highest BCUT2D eigenvalue weighted by Crippen LogP contribution is 2.30. The molecule has 1 saturated heterocycles. The van der Waals surface area contributed by atoms with E-state index in [2.05, 4.69) is 36.7 Å². The maximum atomic E-state index is 14.6. The number of hydrogen-bond acceptors (Lipinski definition) is 9. The van der Waals surface area contributed by atoms with E-state index in [1.54, 1.807) is 12.3 Å². The number of nitrogens with one attached hydrogen (secondary N) is 1. The number of nitrogens with zero attached hydrogens (tertiary/aromatic N) is 6. The van der Waals surface area contributed by atoms with Gasteiger partial charge in [-0.2, -0.15) is 5.26 Å². The maximum Gasteiger partial charge on any atom is 0.168 e. The number of hydrogen-bond donors (Lipinski definition) is 3. The lowest BCUT2D eigenvalue weighted by atomic mass is 10.1. The molecule has 0 spiro atoms. The Morgan fingerprint density at radius 2 is 2.00 bits per heavy atom. The fourth-order valence-corrected chi connectivity index (χ4v) is 3.53. The molecule has 1 aliphatic heterocycles. The van der Waals surface area contributed by atoms with Gasteiger partial charge in [-0.3, -0.25) is 4.98 Å². The first-order chi connectivity index (χ1) is 15.5. The zero-order chi connectivity index (χ0) is 22.7. The van der Waals surface area contributed by atoms with Gasteiger partial charge in [0, 0.05) is 31.5 Å². The number of nitriles is 1. The van der Waals surface area contributed by atoms with Crippen molar-refractivity contribution in [3.05, 3.63) is 60.4 Å². The van der Waals surface area contributed by atoms with Crippen LogP contribution in [-0.4, -0.2) is 39.1 Å². The van der Waals surface area contributed by atoms with E-state index in [1.807, 2.05) is 12.1 Å². The molecule has 0 atom stereocenters. The summed E-state index contributed by atoms with van der Waals surface area (Å²) in [5.74, 6) is -0.0613. The standard InChI is InChI=1S/C22H22FN9/c1-13(30-22-17(3-2-7-28-22)32-9-5-15(25)6-10-32)19-21(26)29-12-16(31-19)20-18(23)14(11-24)4-8-27-20/h2-4,7-8,12,15H,1,5-6,9-10,25H2,(H2,26,29)(H,28,30). The number of rotatable bonds is 5. The Bertz CT molecular complexity index is 1200. The highest BCUT2D eigenvalue weighted by Gasteiger charge is 2.21. The fourth-order valence-electron chi connectivity index (χ4n) is 3.53. The topological polar surface area (TPSA) is 143 Å². The Hall–Kier alpha value is -4.10. The Kier molecular flexibility index (Phi) is 5.91. The van der Waals surface area contributed by atoms with Gasteiger partial charge in [0.25, 0.3) is 0 Å². The third-order valence-electron chi connectivity index (χ3n) is 5.27. The van der Waals surface area contributed by atoms with Gasteiger partial charge in [-0.25, -0.2) is 19.3 Å². The number of piperidine rings is 1. The van der Waals surface area contributed by atoms with E-state index >= 15 is 0 Å². The smallest absolute Gasteiger partial charge is 0.168 e. The Labute approximate surface area is 184 Å². The summed E-state index contributed by atoms with van der Waals surface area (Å²) in [6.07, 6.45) is 6.12. The summed E-state index contributed by atoms with van der Waals surface area (Å²) in [5, 5.41) is 12.2. The molecule has 4 rings (SSSR count). The van der Waals surface area contributed by atoms with E-state index in [1.165, 1.54) is 18.5 Å². The summed E-state index contributed by atoms with van der Waals surface area (Å²) in [5.41, 5.74) is 13.5. The molecule has 1 fully saturated rings. The molecular formula is C22H22FN9. The number of halogens is 1. The third-order valence-corrected chi connectivity index (χ3v) is 5.27. The van der Waals surface area contributed by atoms with Crippen molar-refractivity contribution >= 4 is 23.0 Å². The van der Waals surface area contributed by atoms with Crippen molar-refractivity contribution in [1.82, 2.24) is 19.9 Å². The largest absolute Gasteiger partial charge is 0.382 e.